The van der Waals surface area contributed by atoms with Crippen LogP contribution in [0.5, 0.6) is 23.0 Å². The van der Waals surface area contributed by atoms with Crippen molar-refractivity contribution in [3.05, 3.63) is 47.0 Å². The highest BCUT2D eigenvalue weighted by Gasteiger charge is 2.25. The van der Waals surface area contributed by atoms with Gasteiger partial charge in [0.2, 0.25) is 5.75 Å². The lowest BCUT2D eigenvalue weighted by Crippen LogP contribution is -2.40. The van der Waals surface area contributed by atoms with Gasteiger partial charge in [-0.15, -0.1) is 0 Å². The fourth-order valence-electron chi connectivity index (χ4n) is 4.64. The van der Waals surface area contributed by atoms with Gasteiger partial charge >= 0.3 is 11.9 Å². The monoisotopic (exact) mass is 515 g/mol. The summed E-state index contributed by atoms with van der Waals surface area (Å²) in [6, 6.07) is 8.33. The molecule has 0 aliphatic heterocycles. The summed E-state index contributed by atoms with van der Waals surface area (Å²) in [5, 5.41) is 14.7. The zero-order valence-electron chi connectivity index (χ0n) is 22.2. The van der Waals surface area contributed by atoms with Crippen molar-refractivity contribution in [3.8, 4) is 23.0 Å². The molecule has 1 saturated carbocycles. The van der Waals surface area contributed by atoms with Crippen LogP contribution in [-0.2, 0) is 16.1 Å². The third kappa shape index (κ3) is 7.14. The Morgan fingerprint density at radius 3 is 2.19 bits per heavy atom. The topological polar surface area (TPSA) is 113 Å². The molecule has 0 aromatic heterocycles. The maximum absolute atomic E-state index is 12.9. The number of esters is 2. The van der Waals surface area contributed by atoms with Crippen molar-refractivity contribution in [1.82, 2.24) is 5.32 Å². The van der Waals surface area contributed by atoms with Crippen LogP contribution in [0.4, 0.5) is 0 Å². The first-order valence-corrected chi connectivity index (χ1v) is 12.5. The summed E-state index contributed by atoms with van der Waals surface area (Å²) in [5.41, 5.74) is 1.31. The van der Waals surface area contributed by atoms with Crippen LogP contribution in [0.15, 0.2) is 30.3 Å². The van der Waals surface area contributed by atoms with Gasteiger partial charge in [0.15, 0.2) is 11.5 Å². The molecule has 1 aliphatic rings. The van der Waals surface area contributed by atoms with E-state index in [9.17, 15) is 14.7 Å². The molecule has 3 rings (SSSR count). The molecule has 9 nitrogen and oxygen atoms in total. The van der Waals surface area contributed by atoms with Crippen LogP contribution in [0.2, 0.25) is 0 Å². The van der Waals surface area contributed by atoms with Gasteiger partial charge in [0.05, 0.1) is 33.0 Å². The SMILES string of the molecule is CCC(NC1CCCC1)C(O)c1ccc(OC(C)=O)c(COC(=O)c2cc(OC)c(OC)c(OC)c2)c1. The molecule has 0 bridgehead atoms. The highest BCUT2D eigenvalue weighted by molar-refractivity contribution is 5.91. The molecule has 1 aliphatic carbocycles. The third-order valence-corrected chi connectivity index (χ3v) is 6.56. The van der Waals surface area contributed by atoms with Gasteiger partial charge in [0.1, 0.15) is 12.4 Å². The van der Waals surface area contributed by atoms with E-state index in [-0.39, 0.29) is 24.0 Å². The lowest BCUT2D eigenvalue weighted by molar-refractivity contribution is -0.131. The average molecular weight is 516 g/mol. The first-order valence-electron chi connectivity index (χ1n) is 12.5. The minimum atomic E-state index is -0.776. The van der Waals surface area contributed by atoms with E-state index in [1.54, 1.807) is 18.2 Å². The zero-order chi connectivity index (χ0) is 26.9. The fourth-order valence-corrected chi connectivity index (χ4v) is 4.64. The fraction of sp³-hybridized carbons (Fsp3) is 0.500. The van der Waals surface area contributed by atoms with Gasteiger partial charge in [-0.05, 0) is 49.1 Å². The van der Waals surface area contributed by atoms with Crippen molar-refractivity contribution in [2.75, 3.05) is 21.3 Å². The van der Waals surface area contributed by atoms with Crippen molar-refractivity contribution in [2.24, 2.45) is 0 Å². The van der Waals surface area contributed by atoms with Crippen molar-refractivity contribution in [1.29, 1.82) is 0 Å². The Balaban J connectivity index is 1.82. The summed E-state index contributed by atoms with van der Waals surface area (Å²) < 4.78 is 26.8. The first kappa shape index (κ1) is 28.3. The standard InChI is InChI=1S/C28H37NO8/c1-6-22(29-21-9-7-8-10-21)26(31)18-11-12-23(37-17(2)30)20(13-18)16-36-28(32)19-14-24(33-3)27(35-5)25(15-19)34-4/h11-15,21-22,26,29,31H,6-10,16H2,1-5H3. The first-order chi connectivity index (χ1) is 17.8. The highest BCUT2D eigenvalue weighted by atomic mass is 16.5. The summed E-state index contributed by atoms with van der Waals surface area (Å²) >= 11 is 0. The van der Waals surface area contributed by atoms with E-state index in [2.05, 4.69) is 5.32 Å². The lowest BCUT2D eigenvalue weighted by Gasteiger charge is -2.27. The third-order valence-electron chi connectivity index (χ3n) is 6.56. The Morgan fingerprint density at radius 2 is 1.65 bits per heavy atom. The van der Waals surface area contributed by atoms with Gasteiger partial charge in [-0.3, -0.25) is 4.79 Å². The second kappa shape index (κ2) is 13.3. The van der Waals surface area contributed by atoms with Gasteiger partial charge in [-0.25, -0.2) is 4.79 Å². The normalized spacial score (nSPS) is 15.1. The Bertz CT molecular complexity index is 1050. The molecule has 202 valence electrons. The minimum absolute atomic E-state index is 0.127. The number of hydrogen-bond donors (Lipinski definition) is 2. The molecule has 2 atom stereocenters. The maximum atomic E-state index is 12.9. The van der Waals surface area contributed by atoms with Crippen molar-refractivity contribution < 1.29 is 38.4 Å². The van der Waals surface area contributed by atoms with Crippen LogP contribution in [0.25, 0.3) is 0 Å². The minimum Gasteiger partial charge on any atom is -0.493 e. The van der Waals surface area contributed by atoms with Crippen LogP contribution >= 0.6 is 0 Å². The van der Waals surface area contributed by atoms with Crippen LogP contribution in [-0.4, -0.2) is 50.5 Å². The number of hydrogen-bond acceptors (Lipinski definition) is 9. The molecule has 2 unspecified atom stereocenters. The molecule has 0 heterocycles. The summed E-state index contributed by atoms with van der Waals surface area (Å²) in [4.78, 5) is 24.6. The average Bonchev–Trinajstić information content (AvgIpc) is 3.42. The van der Waals surface area contributed by atoms with Gasteiger partial charge in [0.25, 0.3) is 0 Å². The van der Waals surface area contributed by atoms with Crippen molar-refractivity contribution in [2.45, 2.75) is 70.7 Å². The lowest BCUT2D eigenvalue weighted by atomic mass is 9.97. The second-order valence-electron chi connectivity index (χ2n) is 9.06. The predicted octanol–water partition coefficient (Wildman–Crippen LogP) is 4.34. The summed E-state index contributed by atoms with van der Waals surface area (Å²) in [5.74, 6) is 0.128. The van der Waals surface area contributed by atoms with Gasteiger partial charge < -0.3 is 34.1 Å². The maximum Gasteiger partial charge on any atom is 0.338 e. The number of aliphatic hydroxyl groups is 1. The number of methoxy groups -OCH3 is 3. The number of ether oxygens (including phenoxy) is 5. The molecule has 9 heteroatoms. The Kier molecular flexibility index (Phi) is 10.2. The number of nitrogens with one attached hydrogen (secondary N) is 1. The van der Waals surface area contributed by atoms with E-state index < -0.39 is 18.0 Å². The number of aliphatic hydroxyl groups excluding tert-OH is 1. The molecule has 0 amide bonds. The van der Waals surface area contributed by atoms with Crippen LogP contribution in [0.1, 0.15) is 73.5 Å². The van der Waals surface area contributed by atoms with E-state index in [4.69, 9.17) is 23.7 Å². The van der Waals surface area contributed by atoms with Gasteiger partial charge in [-0.1, -0.05) is 25.8 Å². The smallest absolute Gasteiger partial charge is 0.338 e. The molecule has 0 radical (unpaired) electrons. The number of benzene rings is 2. The zero-order valence-corrected chi connectivity index (χ0v) is 22.2. The largest absolute Gasteiger partial charge is 0.493 e. The van der Waals surface area contributed by atoms with Crippen LogP contribution < -0.4 is 24.3 Å². The Hall–Kier alpha value is -3.30. The predicted molar refractivity (Wildman–Crippen MR) is 137 cm³/mol. The van der Waals surface area contributed by atoms with E-state index in [1.807, 2.05) is 6.92 Å². The summed E-state index contributed by atoms with van der Waals surface area (Å²) in [7, 11) is 4.39. The molecule has 2 aromatic carbocycles. The highest BCUT2D eigenvalue weighted by Crippen LogP contribution is 2.38. The number of carbonyl (C=O) groups excluding carboxylic acids is 2. The Labute approximate surface area is 218 Å². The molecule has 37 heavy (non-hydrogen) atoms. The van der Waals surface area contributed by atoms with Gasteiger partial charge in [0, 0.05) is 24.6 Å². The molecular weight excluding hydrogens is 478 g/mol. The van der Waals surface area contributed by atoms with Gasteiger partial charge in [-0.2, -0.15) is 0 Å². The molecule has 2 N–H and O–H groups in total. The molecule has 0 spiro atoms. The molecule has 2 aromatic rings. The molecule has 1 fully saturated rings. The number of carbonyl (C=O) groups is 2. The van der Waals surface area contributed by atoms with Crippen molar-refractivity contribution in [3.63, 3.8) is 0 Å². The summed E-state index contributed by atoms with van der Waals surface area (Å²) in [6.45, 7) is 3.15. The van der Waals surface area contributed by atoms with E-state index >= 15 is 0 Å². The van der Waals surface area contributed by atoms with Crippen LogP contribution in [0, 0.1) is 0 Å². The second-order valence-corrected chi connectivity index (χ2v) is 9.06. The van der Waals surface area contributed by atoms with E-state index in [0.29, 0.717) is 34.4 Å². The quantitative estimate of drug-likeness (QED) is 0.315. The molecule has 0 saturated heterocycles. The molecular formula is C28H37NO8. The van der Waals surface area contributed by atoms with Crippen LogP contribution in [0.3, 0.4) is 0 Å². The Morgan fingerprint density at radius 1 is 1.00 bits per heavy atom. The van der Waals surface area contributed by atoms with E-state index in [0.717, 1.165) is 19.3 Å². The van der Waals surface area contributed by atoms with Crippen molar-refractivity contribution >= 4 is 11.9 Å². The number of rotatable bonds is 12. The van der Waals surface area contributed by atoms with E-state index in [1.165, 1.54) is 53.2 Å². The summed E-state index contributed by atoms with van der Waals surface area (Å²) in [6.07, 6.45) is 4.58.